The van der Waals surface area contributed by atoms with E-state index in [9.17, 15) is 19.2 Å². The number of carbonyl (C=O) groups excluding carboxylic acids is 4. The maximum absolute atomic E-state index is 13.1. The lowest BCUT2D eigenvalue weighted by Gasteiger charge is -2.21. The highest BCUT2D eigenvalue weighted by Gasteiger charge is 2.59. The van der Waals surface area contributed by atoms with Gasteiger partial charge in [0.25, 0.3) is 0 Å². The molecule has 184 valence electrons. The topological polar surface area (TPSA) is 84.0 Å². The summed E-state index contributed by atoms with van der Waals surface area (Å²) >= 11 is 0. The molecule has 7 heteroatoms. The molecular formula is C29H28N2O5. The fourth-order valence-corrected chi connectivity index (χ4v) is 6.41. The largest absolute Gasteiger partial charge is 0.426 e. The summed E-state index contributed by atoms with van der Waals surface area (Å²) in [4.78, 5) is 54.9. The number of ether oxygens (including phenoxy) is 1. The van der Waals surface area contributed by atoms with Crippen LogP contribution in [-0.4, -0.2) is 30.2 Å². The van der Waals surface area contributed by atoms with E-state index in [2.05, 4.69) is 12.2 Å². The van der Waals surface area contributed by atoms with Crippen LogP contribution in [0.25, 0.3) is 0 Å². The van der Waals surface area contributed by atoms with Crippen LogP contribution in [-0.2, 0) is 19.2 Å². The molecule has 2 bridgehead atoms. The smallest absolute Gasteiger partial charge is 0.316 e. The molecule has 0 N–H and O–H groups in total. The molecule has 3 amide bonds. The highest BCUT2D eigenvalue weighted by molar-refractivity contribution is 6.23. The average molecular weight is 485 g/mol. The van der Waals surface area contributed by atoms with Crippen molar-refractivity contribution < 1.29 is 23.9 Å². The van der Waals surface area contributed by atoms with E-state index in [4.69, 9.17) is 4.74 Å². The van der Waals surface area contributed by atoms with Gasteiger partial charge in [0, 0.05) is 18.7 Å². The standard InChI is InChI=1S/C29H28N2O5/c1-15-5-4-6-23(17(15)3)30-14-20(13-24(30)32)29(35)36-21-9-10-22(16(2)11-21)31-27(33)25-18-7-8-19(12-18)26(25)28(31)34/h4-11,18-20,25-26H,12-14H2,1-3H3/t18-,19-,20+,25-,26+/m0/s1. The SMILES string of the molecule is Cc1cc(OC(=O)[C@@H]2CC(=O)N(c3cccc(C)c3C)C2)ccc1N1C(=O)[C@@H]2[C@H](C1=O)[C@H]1C=C[C@H]2C1. The van der Waals surface area contributed by atoms with Crippen molar-refractivity contribution in [2.45, 2.75) is 33.6 Å². The van der Waals surface area contributed by atoms with Crippen molar-refractivity contribution in [3.63, 3.8) is 0 Å². The molecule has 0 radical (unpaired) electrons. The van der Waals surface area contributed by atoms with Crippen LogP contribution in [0.4, 0.5) is 11.4 Å². The predicted octanol–water partition coefficient (Wildman–Crippen LogP) is 3.88. The van der Waals surface area contributed by atoms with Crippen molar-refractivity contribution in [1.82, 2.24) is 0 Å². The molecular weight excluding hydrogens is 456 g/mol. The number of carbonyl (C=O) groups is 4. The molecule has 0 unspecified atom stereocenters. The lowest BCUT2D eigenvalue weighted by Crippen LogP contribution is -2.33. The summed E-state index contributed by atoms with van der Waals surface area (Å²) in [6.45, 7) is 6.04. The first kappa shape index (κ1) is 22.7. The summed E-state index contributed by atoms with van der Waals surface area (Å²) in [7, 11) is 0. The van der Waals surface area contributed by atoms with Crippen molar-refractivity contribution in [1.29, 1.82) is 0 Å². The summed E-state index contributed by atoms with van der Waals surface area (Å²) in [6.07, 6.45) is 5.13. The summed E-state index contributed by atoms with van der Waals surface area (Å²) in [5.41, 5.74) is 4.15. The van der Waals surface area contributed by atoms with Crippen LogP contribution < -0.4 is 14.5 Å². The van der Waals surface area contributed by atoms with E-state index in [0.29, 0.717) is 17.0 Å². The molecule has 2 saturated heterocycles. The van der Waals surface area contributed by atoms with E-state index >= 15 is 0 Å². The third kappa shape index (κ3) is 3.33. The van der Waals surface area contributed by atoms with Gasteiger partial charge in [-0.25, -0.2) is 4.90 Å². The van der Waals surface area contributed by atoms with Gasteiger partial charge in [0.15, 0.2) is 0 Å². The van der Waals surface area contributed by atoms with Crippen molar-refractivity contribution in [2.75, 3.05) is 16.3 Å². The molecule has 0 spiro atoms. The number of amides is 3. The summed E-state index contributed by atoms with van der Waals surface area (Å²) in [6, 6.07) is 10.8. The Bertz CT molecular complexity index is 1330. The number of aryl methyl sites for hydroxylation is 2. The molecule has 5 atom stereocenters. The number of esters is 1. The Labute approximate surface area is 209 Å². The zero-order chi connectivity index (χ0) is 25.3. The number of imide groups is 1. The van der Waals surface area contributed by atoms with Gasteiger partial charge < -0.3 is 9.64 Å². The van der Waals surface area contributed by atoms with E-state index < -0.39 is 11.9 Å². The van der Waals surface area contributed by atoms with Crippen molar-refractivity contribution in [2.24, 2.45) is 29.6 Å². The molecule has 4 aliphatic rings. The Morgan fingerprint density at radius 3 is 2.25 bits per heavy atom. The van der Waals surface area contributed by atoms with Gasteiger partial charge >= 0.3 is 5.97 Å². The Morgan fingerprint density at radius 2 is 1.58 bits per heavy atom. The van der Waals surface area contributed by atoms with E-state index in [0.717, 1.165) is 23.2 Å². The van der Waals surface area contributed by atoms with E-state index in [1.807, 2.05) is 32.0 Å². The van der Waals surface area contributed by atoms with Crippen LogP contribution in [0, 0.1) is 50.4 Å². The number of fused-ring (bicyclic) bond motifs is 5. The lowest BCUT2D eigenvalue weighted by molar-refractivity contribution is -0.139. The second kappa shape index (κ2) is 8.15. The van der Waals surface area contributed by atoms with Crippen molar-refractivity contribution >= 4 is 35.1 Å². The van der Waals surface area contributed by atoms with Gasteiger partial charge in [0.1, 0.15) is 5.75 Å². The number of anilines is 2. The molecule has 2 aliphatic carbocycles. The van der Waals surface area contributed by atoms with Crippen LogP contribution >= 0.6 is 0 Å². The number of hydrogen-bond donors (Lipinski definition) is 0. The van der Waals surface area contributed by atoms with E-state index in [1.165, 1.54) is 4.90 Å². The molecule has 0 aromatic heterocycles. The van der Waals surface area contributed by atoms with Gasteiger partial charge in [0.2, 0.25) is 17.7 Å². The van der Waals surface area contributed by atoms with Gasteiger partial charge in [-0.1, -0.05) is 24.3 Å². The molecule has 7 nitrogen and oxygen atoms in total. The molecule has 2 heterocycles. The predicted molar refractivity (Wildman–Crippen MR) is 133 cm³/mol. The van der Waals surface area contributed by atoms with Crippen LogP contribution in [0.15, 0.2) is 48.6 Å². The fourth-order valence-electron chi connectivity index (χ4n) is 6.41. The van der Waals surface area contributed by atoms with Crippen LogP contribution in [0.1, 0.15) is 29.5 Å². The number of rotatable bonds is 4. The van der Waals surface area contributed by atoms with Gasteiger partial charge in [0.05, 0.1) is 23.4 Å². The Hall–Kier alpha value is -3.74. The molecule has 2 aromatic rings. The highest BCUT2D eigenvalue weighted by Crippen LogP contribution is 2.53. The van der Waals surface area contributed by atoms with Gasteiger partial charge in [-0.05, 0) is 80.0 Å². The first-order valence-corrected chi connectivity index (χ1v) is 12.5. The molecule has 6 rings (SSSR count). The monoisotopic (exact) mass is 484 g/mol. The molecule has 1 saturated carbocycles. The number of hydrogen-bond acceptors (Lipinski definition) is 5. The summed E-state index contributed by atoms with van der Waals surface area (Å²) in [5.74, 6) is -1.28. The normalized spacial score (nSPS) is 28.4. The Kier molecular flexibility index (Phi) is 5.14. The van der Waals surface area contributed by atoms with Crippen LogP contribution in [0.2, 0.25) is 0 Å². The minimum atomic E-state index is -0.568. The maximum atomic E-state index is 13.1. The van der Waals surface area contributed by atoms with E-state index in [1.54, 1.807) is 30.0 Å². The number of benzene rings is 2. The summed E-state index contributed by atoms with van der Waals surface area (Å²) in [5, 5.41) is 0. The minimum Gasteiger partial charge on any atom is -0.426 e. The van der Waals surface area contributed by atoms with Gasteiger partial charge in [-0.15, -0.1) is 0 Å². The first-order valence-electron chi connectivity index (χ1n) is 12.5. The molecule has 3 fully saturated rings. The minimum absolute atomic E-state index is 0.0964. The maximum Gasteiger partial charge on any atom is 0.316 e. The van der Waals surface area contributed by atoms with Gasteiger partial charge in [-0.2, -0.15) is 0 Å². The highest BCUT2D eigenvalue weighted by atomic mass is 16.5. The number of allylic oxidation sites excluding steroid dienone is 2. The quantitative estimate of drug-likeness (QED) is 0.285. The molecule has 2 aromatic carbocycles. The lowest BCUT2D eigenvalue weighted by atomic mass is 9.85. The average Bonchev–Trinajstić information content (AvgIpc) is 3.60. The third-order valence-electron chi connectivity index (χ3n) is 8.42. The van der Waals surface area contributed by atoms with Crippen molar-refractivity contribution in [3.8, 4) is 5.75 Å². The van der Waals surface area contributed by atoms with Crippen LogP contribution in [0.5, 0.6) is 5.75 Å². The molecule has 36 heavy (non-hydrogen) atoms. The first-order chi connectivity index (χ1) is 17.2. The van der Waals surface area contributed by atoms with Crippen LogP contribution in [0.3, 0.4) is 0 Å². The third-order valence-corrected chi connectivity index (χ3v) is 8.42. The second-order valence-electron chi connectivity index (χ2n) is 10.5. The fraction of sp³-hybridized carbons (Fsp3) is 0.379. The second-order valence-corrected chi connectivity index (χ2v) is 10.5. The van der Waals surface area contributed by atoms with Crippen molar-refractivity contribution in [3.05, 3.63) is 65.2 Å². The Morgan fingerprint density at radius 1 is 0.889 bits per heavy atom. The van der Waals surface area contributed by atoms with E-state index in [-0.39, 0.29) is 54.4 Å². The number of nitrogens with zero attached hydrogens (tertiary/aromatic N) is 2. The molecule has 2 aliphatic heterocycles. The zero-order valence-corrected chi connectivity index (χ0v) is 20.6. The Balaban J connectivity index is 1.16. The summed E-state index contributed by atoms with van der Waals surface area (Å²) < 4.78 is 5.64. The van der Waals surface area contributed by atoms with Gasteiger partial charge in [-0.3, -0.25) is 19.2 Å². The zero-order valence-electron chi connectivity index (χ0n) is 20.6.